The van der Waals surface area contributed by atoms with Crippen LogP contribution < -0.4 is 14.8 Å². The van der Waals surface area contributed by atoms with Crippen LogP contribution in [0.2, 0.25) is 0 Å². The van der Waals surface area contributed by atoms with Gasteiger partial charge in [-0.25, -0.2) is 4.79 Å². The number of carbonyl (C=O) groups is 1. The van der Waals surface area contributed by atoms with Crippen LogP contribution in [0.4, 0.5) is 4.79 Å². The molecule has 8 nitrogen and oxygen atoms in total. The third kappa shape index (κ3) is 6.73. The van der Waals surface area contributed by atoms with Crippen molar-refractivity contribution in [3.05, 3.63) is 23.8 Å². The quantitative estimate of drug-likeness (QED) is 0.528. The molecule has 1 saturated heterocycles. The van der Waals surface area contributed by atoms with Crippen LogP contribution in [0.5, 0.6) is 11.5 Å². The second-order valence-corrected chi connectivity index (χ2v) is 6.54. The van der Waals surface area contributed by atoms with Gasteiger partial charge in [0.25, 0.3) is 0 Å². The van der Waals surface area contributed by atoms with Crippen LogP contribution in [0.15, 0.2) is 23.2 Å². The fourth-order valence-corrected chi connectivity index (χ4v) is 3.22. The summed E-state index contributed by atoms with van der Waals surface area (Å²) in [5, 5.41) is 3.42. The van der Waals surface area contributed by atoms with Crippen molar-refractivity contribution in [2.45, 2.75) is 27.2 Å². The van der Waals surface area contributed by atoms with Crippen molar-refractivity contribution in [2.24, 2.45) is 4.99 Å². The van der Waals surface area contributed by atoms with Gasteiger partial charge in [-0.1, -0.05) is 6.07 Å². The van der Waals surface area contributed by atoms with Crippen molar-refractivity contribution in [1.29, 1.82) is 0 Å². The van der Waals surface area contributed by atoms with E-state index in [1.54, 1.807) is 11.9 Å². The van der Waals surface area contributed by atoms with Gasteiger partial charge in [-0.15, -0.1) is 0 Å². The highest BCUT2D eigenvalue weighted by Gasteiger charge is 2.23. The Morgan fingerprint density at radius 2 is 1.66 bits per heavy atom. The van der Waals surface area contributed by atoms with E-state index in [9.17, 15) is 4.79 Å². The van der Waals surface area contributed by atoms with Gasteiger partial charge >= 0.3 is 6.09 Å². The lowest BCUT2D eigenvalue weighted by Gasteiger charge is -2.35. The summed E-state index contributed by atoms with van der Waals surface area (Å²) < 4.78 is 16.4. The predicted molar refractivity (Wildman–Crippen MR) is 114 cm³/mol. The Bertz CT molecular complexity index is 673. The highest BCUT2D eigenvalue weighted by Crippen LogP contribution is 2.28. The van der Waals surface area contributed by atoms with Gasteiger partial charge in [0.2, 0.25) is 0 Å². The summed E-state index contributed by atoms with van der Waals surface area (Å²) >= 11 is 0. The molecule has 0 bridgehead atoms. The van der Waals surface area contributed by atoms with E-state index in [4.69, 9.17) is 14.2 Å². The molecule has 0 unspecified atom stereocenters. The average molecular weight is 407 g/mol. The van der Waals surface area contributed by atoms with Gasteiger partial charge in [0.1, 0.15) is 0 Å². The van der Waals surface area contributed by atoms with Crippen LogP contribution in [0.25, 0.3) is 0 Å². The van der Waals surface area contributed by atoms with Gasteiger partial charge in [-0.2, -0.15) is 0 Å². The second-order valence-electron chi connectivity index (χ2n) is 6.54. The molecule has 1 heterocycles. The first-order chi connectivity index (χ1) is 14.1. The molecule has 1 aliphatic rings. The van der Waals surface area contributed by atoms with Crippen molar-refractivity contribution in [3.8, 4) is 11.5 Å². The number of nitrogens with zero attached hydrogens (tertiary/aromatic N) is 3. The lowest BCUT2D eigenvalue weighted by atomic mass is 10.1. The summed E-state index contributed by atoms with van der Waals surface area (Å²) in [7, 11) is 1.78. The van der Waals surface area contributed by atoms with E-state index in [-0.39, 0.29) is 6.09 Å². The van der Waals surface area contributed by atoms with E-state index in [1.165, 1.54) is 5.56 Å². The van der Waals surface area contributed by atoms with E-state index < -0.39 is 0 Å². The summed E-state index contributed by atoms with van der Waals surface area (Å²) in [5.41, 5.74) is 1.17. The zero-order chi connectivity index (χ0) is 21.1. The van der Waals surface area contributed by atoms with Gasteiger partial charge in [-0.05, 0) is 44.9 Å². The number of aliphatic imine (C=N–C) groups is 1. The maximum Gasteiger partial charge on any atom is 0.409 e. The van der Waals surface area contributed by atoms with Crippen molar-refractivity contribution in [1.82, 2.24) is 15.1 Å². The fourth-order valence-electron chi connectivity index (χ4n) is 3.22. The second kappa shape index (κ2) is 12.0. The molecular weight excluding hydrogens is 372 g/mol. The molecule has 29 heavy (non-hydrogen) atoms. The molecule has 1 fully saturated rings. The molecule has 1 aliphatic heterocycles. The third-order valence-electron chi connectivity index (χ3n) is 4.62. The number of guanidine groups is 1. The first kappa shape index (κ1) is 22.6. The van der Waals surface area contributed by atoms with Crippen molar-refractivity contribution in [3.63, 3.8) is 0 Å². The minimum atomic E-state index is -0.240. The molecule has 162 valence electrons. The zero-order valence-corrected chi connectivity index (χ0v) is 18.1. The number of rotatable bonds is 8. The lowest BCUT2D eigenvalue weighted by Crippen LogP contribution is -2.54. The van der Waals surface area contributed by atoms with Crippen molar-refractivity contribution < 1.29 is 19.0 Å². The first-order valence-electron chi connectivity index (χ1n) is 10.4. The predicted octanol–water partition coefficient (Wildman–Crippen LogP) is 2.38. The van der Waals surface area contributed by atoms with Crippen molar-refractivity contribution in [2.75, 3.05) is 59.6 Å². The number of hydrogen-bond acceptors (Lipinski definition) is 5. The SMILES string of the molecule is CCOC(=O)N1CCN(C(=NC)NCCc2ccc(OCC)c(OCC)c2)CC1. The third-order valence-corrected chi connectivity index (χ3v) is 4.62. The molecule has 2 rings (SSSR count). The first-order valence-corrected chi connectivity index (χ1v) is 10.4. The van der Waals surface area contributed by atoms with Gasteiger partial charge in [0.15, 0.2) is 17.5 Å². The number of benzene rings is 1. The molecule has 0 aromatic heterocycles. The average Bonchev–Trinajstić information content (AvgIpc) is 2.73. The maximum atomic E-state index is 11.8. The van der Waals surface area contributed by atoms with E-state index in [0.29, 0.717) is 32.9 Å². The lowest BCUT2D eigenvalue weighted by molar-refractivity contribution is 0.0914. The molecule has 1 aromatic rings. The summed E-state index contributed by atoms with van der Waals surface area (Å²) in [6.45, 7) is 10.9. The summed E-state index contributed by atoms with van der Waals surface area (Å²) in [4.78, 5) is 20.1. The molecule has 1 amide bonds. The smallest absolute Gasteiger partial charge is 0.409 e. The van der Waals surface area contributed by atoms with E-state index in [1.807, 2.05) is 32.9 Å². The summed E-state index contributed by atoms with van der Waals surface area (Å²) in [5.74, 6) is 2.41. The highest BCUT2D eigenvalue weighted by molar-refractivity contribution is 5.80. The number of amides is 1. The Kier molecular flexibility index (Phi) is 9.40. The highest BCUT2D eigenvalue weighted by atomic mass is 16.6. The van der Waals surface area contributed by atoms with E-state index in [0.717, 1.165) is 43.5 Å². The molecule has 0 saturated carbocycles. The van der Waals surface area contributed by atoms with Crippen LogP contribution >= 0.6 is 0 Å². The Morgan fingerprint density at radius 1 is 1.00 bits per heavy atom. The molecule has 0 spiro atoms. The number of carbonyl (C=O) groups excluding carboxylic acids is 1. The Balaban J connectivity index is 1.84. The molecular formula is C21H34N4O4. The van der Waals surface area contributed by atoms with Gasteiger partial charge in [-0.3, -0.25) is 4.99 Å². The van der Waals surface area contributed by atoms with E-state index in [2.05, 4.69) is 21.3 Å². The molecule has 1 aromatic carbocycles. The molecule has 0 radical (unpaired) electrons. The van der Waals surface area contributed by atoms with Crippen molar-refractivity contribution >= 4 is 12.1 Å². The van der Waals surface area contributed by atoms with E-state index >= 15 is 0 Å². The van der Waals surface area contributed by atoms with Gasteiger partial charge < -0.3 is 29.3 Å². The minimum absolute atomic E-state index is 0.240. The molecule has 8 heteroatoms. The zero-order valence-electron chi connectivity index (χ0n) is 18.1. The van der Waals surface area contributed by atoms with Gasteiger partial charge in [0, 0.05) is 39.8 Å². The molecule has 0 atom stereocenters. The number of hydrogen-bond donors (Lipinski definition) is 1. The van der Waals surface area contributed by atoms with Crippen LogP contribution in [0.1, 0.15) is 26.3 Å². The van der Waals surface area contributed by atoms with Crippen LogP contribution in [-0.2, 0) is 11.2 Å². The van der Waals surface area contributed by atoms with Crippen LogP contribution in [-0.4, -0.2) is 81.4 Å². The summed E-state index contributed by atoms with van der Waals surface area (Å²) in [6.07, 6.45) is 0.601. The van der Waals surface area contributed by atoms with Gasteiger partial charge in [0.05, 0.1) is 19.8 Å². The molecule has 0 aliphatic carbocycles. The largest absolute Gasteiger partial charge is 0.490 e. The summed E-state index contributed by atoms with van der Waals surface area (Å²) in [6, 6.07) is 6.07. The van der Waals surface area contributed by atoms with Crippen LogP contribution in [0, 0.1) is 0 Å². The minimum Gasteiger partial charge on any atom is -0.490 e. The Labute approximate surface area is 173 Å². The standard InChI is InChI=1S/C21H34N4O4/c1-5-27-18-9-8-17(16-19(18)28-6-2)10-11-23-20(22-4)24-12-14-25(15-13-24)21(26)29-7-3/h8-9,16H,5-7,10-15H2,1-4H3,(H,22,23). The fraction of sp³-hybridized carbons (Fsp3) is 0.619. The maximum absolute atomic E-state index is 11.8. The Morgan fingerprint density at radius 3 is 2.28 bits per heavy atom. The molecule has 1 N–H and O–H groups in total. The van der Waals surface area contributed by atoms with Crippen LogP contribution in [0.3, 0.4) is 0 Å². The monoisotopic (exact) mass is 406 g/mol. The number of nitrogens with one attached hydrogen (secondary N) is 1. The Hall–Kier alpha value is -2.64. The normalized spacial score (nSPS) is 14.6. The number of ether oxygens (including phenoxy) is 3. The topological polar surface area (TPSA) is 75.6 Å². The number of piperazine rings is 1.